The minimum atomic E-state index is -4.82. The second-order valence-corrected chi connectivity index (χ2v) is 8.93. The van der Waals surface area contributed by atoms with E-state index in [0.29, 0.717) is 11.4 Å². The van der Waals surface area contributed by atoms with Gasteiger partial charge in [0.05, 0.1) is 28.9 Å². The Labute approximate surface area is 194 Å². The number of carboxylic acid groups (broad SMARTS) is 1. The van der Waals surface area contributed by atoms with Gasteiger partial charge in [0.25, 0.3) is 10.1 Å². The Kier molecular flexibility index (Phi) is 5.82. The first-order chi connectivity index (χ1) is 16.1. The van der Waals surface area contributed by atoms with Gasteiger partial charge in [-0.2, -0.15) is 8.42 Å². The van der Waals surface area contributed by atoms with Crippen LogP contribution in [0.2, 0.25) is 0 Å². The number of fused-ring (bicyclic) bond motifs is 2. The number of nitrogens with one attached hydrogen (secondary N) is 2. The number of hydrogen-bond acceptors (Lipinski definition) is 8. The molecule has 0 spiro atoms. The van der Waals surface area contributed by atoms with E-state index in [1.165, 1.54) is 12.1 Å². The normalized spacial score (nSPS) is 12.6. The fourth-order valence-corrected chi connectivity index (χ4v) is 4.43. The summed E-state index contributed by atoms with van der Waals surface area (Å²) in [5.74, 6) is -2.13. The topological polar surface area (TPSA) is 176 Å². The summed E-state index contributed by atoms with van der Waals surface area (Å²) in [6.45, 7) is 0.173. The Morgan fingerprint density at radius 1 is 0.912 bits per heavy atom. The average Bonchev–Trinajstić information content (AvgIpc) is 2.77. The maximum atomic E-state index is 13.3. The Bertz CT molecular complexity index is 1470. The summed E-state index contributed by atoms with van der Waals surface area (Å²) < 4.78 is 33.7. The summed E-state index contributed by atoms with van der Waals surface area (Å²) in [5.41, 5.74) is 6.20. The molecule has 34 heavy (non-hydrogen) atoms. The third-order valence-corrected chi connectivity index (χ3v) is 6.18. The summed E-state index contributed by atoms with van der Waals surface area (Å²) in [6, 6.07) is 13.7. The van der Waals surface area contributed by atoms with Crippen molar-refractivity contribution < 1.29 is 32.5 Å². The number of aliphatic carboxylic acids is 1. The molecule has 0 atom stereocenters. The van der Waals surface area contributed by atoms with Crippen molar-refractivity contribution in [3.63, 3.8) is 0 Å². The van der Waals surface area contributed by atoms with Crippen LogP contribution in [0.4, 0.5) is 22.7 Å². The first-order valence-corrected chi connectivity index (χ1v) is 11.5. The van der Waals surface area contributed by atoms with Gasteiger partial charge in [-0.1, -0.05) is 30.3 Å². The van der Waals surface area contributed by atoms with E-state index in [1.54, 1.807) is 36.4 Å². The zero-order chi connectivity index (χ0) is 24.6. The molecule has 10 nitrogen and oxygen atoms in total. The molecule has 6 N–H and O–H groups in total. The predicted octanol–water partition coefficient (Wildman–Crippen LogP) is 2.92. The summed E-state index contributed by atoms with van der Waals surface area (Å²) in [4.78, 5) is 36.5. The second-order valence-electron chi connectivity index (χ2n) is 7.54. The molecule has 0 radical (unpaired) electrons. The molecular weight excluding hydrogens is 462 g/mol. The summed E-state index contributed by atoms with van der Waals surface area (Å²) >= 11 is 0. The molecule has 1 aliphatic rings. The molecule has 0 unspecified atom stereocenters. The Morgan fingerprint density at radius 2 is 1.53 bits per heavy atom. The number of nitrogen functional groups attached to an aromatic ring is 1. The number of carbonyl (C=O) groups is 3. The first kappa shape index (κ1) is 23.0. The molecule has 0 saturated heterocycles. The molecule has 0 fully saturated rings. The van der Waals surface area contributed by atoms with Gasteiger partial charge in [-0.15, -0.1) is 0 Å². The van der Waals surface area contributed by atoms with Crippen molar-refractivity contribution in [2.75, 3.05) is 22.9 Å². The fraction of sp³-hybridized carbons (Fsp3) is 0.0870. The highest BCUT2D eigenvalue weighted by Crippen LogP contribution is 2.40. The van der Waals surface area contributed by atoms with Gasteiger partial charge in [-0.3, -0.25) is 18.9 Å². The van der Waals surface area contributed by atoms with Crippen LogP contribution in [0.5, 0.6) is 0 Å². The highest BCUT2D eigenvalue weighted by molar-refractivity contribution is 7.86. The number of nitrogens with two attached hydrogens (primary N) is 1. The monoisotopic (exact) mass is 481 g/mol. The molecule has 0 heterocycles. The van der Waals surface area contributed by atoms with Crippen molar-refractivity contribution in [1.82, 2.24) is 0 Å². The highest BCUT2D eigenvalue weighted by Gasteiger charge is 2.36. The zero-order valence-electron chi connectivity index (χ0n) is 17.5. The molecule has 174 valence electrons. The lowest BCUT2D eigenvalue weighted by Gasteiger charge is -2.23. The molecule has 4 rings (SSSR count). The summed E-state index contributed by atoms with van der Waals surface area (Å²) in [7, 11) is -4.82. The minimum absolute atomic E-state index is 0.0348. The second kappa shape index (κ2) is 8.61. The van der Waals surface area contributed by atoms with Gasteiger partial charge in [-0.25, -0.2) is 0 Å². The molecule has 0 bridgehead atoms. The quantitative estimate of drug-likeness (QED) is 0.195. The Balaban J connectivity index is 1.83. The molecule has 3 aromatic rings. The highest BCUT2D eigenvalue weighted by atomic mass is 32.2. The smallest absolute Gasteiger partial charge is 0.305 e. The third kappa shape index (κ3) is 4.21. The lowest BCUT2D eigenvalue weighted by molar-refractivity contribution is -0.136. The van der Waals surface area contributed by atoms with Gasteiger partial charge < -0.3 is 21.5 Å². The first-order valence-electron chi connectivity index (χ1n) is 10.0. The Hall–Kier alpha value is -4.22. The number of anilines is 4. The van der Waals surface area contributed by atoms with Crippen molar-refractivity contribution in [2.24, 2.45) is 0 Å². The number of ketones is 2. The molecule has 1 aliphatic carbocycles. The fourth-order valence-electron chi connectivity index (χ4n) is 3.78. The van der Waals surface area contributed by atoms with Crippen LogP contribution in [0.15, 0.2) is 59.5 Å². The summed E-state index contributed by atoms with van der Waals surface area (Å²) in [5, 5.41) is 14.7. The van der Waals surface area contributed by atoms with Crippen LogP contribution in [0.25, 0.3) is 0 Å². The predicted molar refractivity (Wildman–Crippen MR) is 124 cm³/mol. The molecule has 3 aromatic carbocycles. The lowest BCUT2D eigenvalue weighted by Crippen LogP contribution is -2.25. The molecular formula is C23H19N3O7S. The van der Waals surface area contributed by atoms with Crippen molar-refractivity contribution >= 4 is 50.4 Å². The van der Waals surface area contributed by atoms with E-state index in [2.05, 4.69) is 10.6 Å². The molecule has 11 heteroatoms. The van der Waals surface area contributed by atoms with Gasteiger partial charge >= 0.3 is 5.97 Å². The van der Waals surface area contributed by atoms with Gasteiger partial charge in [0, 0.05) is 29.0 Å². The van der Waals surface area contributed by atoms with E-state index in [1.807, 2.05) is 0 Å². The van der Waals surface area contributed by atoms with Crippen LogP contribution < -0.4 is 16.4 Å². The van der Waals surface area contributed by atoms with Crippen LogP contribution in [0, 0.1) is 0 Å². The molecule has 0 saturated carbocycles. The molecule has 0 aliphatic heterocycles. The van der Waals surface area contributed by atoms with E-state index in [4.69, 9.17) is 10.8 Å². The maximum Gasteiger partial charge on any atom is 0.305 e. The third-order valence-electron chi connectivity index (χ3n) is 5.29. The van der Waals surface area contributed by atoms with E-state index in [0.717, 1.165) is 6.07 Å². The molecule has 0 amide bonds. The van der Waals surface area contributed by atoms with Crippen molar-refractivity contribution in [2.45, 2.75) is 11.3 Å². The number of rotatable bonds is 7. The lowest BCUT2D eigenvalue weighted by atomic mass is 9.82. The van der Waals surface area contributed by atoms with Gasteiger partial charge in [0.15, 0.2) is 11.6 Å². The van der Waals surface area contributed by atoms with E-state index < -0.39 is 38.2 Å². The van der Waals surface area contributed by atoms with Crippen molar-refractivity contribution in [3.05, 3.63) is 76.9 Å². The van der Waals surface area contributed by atoms with Crippen molar-refractivity contribution in [3.8, 4) is 0 Å². The maximum absolute atomic E-state index is 13.3. The summed E-state index contributed by atoms with van der Waals surface area (Å²) in [6.07, 6.45) is -0.100. The standard InChI is InChI=1S/C23H19N3O7S/c24-21-17(34(31,32)33)11-16(26-13-5-3-4-12(10-13)25-9-8-18(27)28)19-20(21)23(30)15-7-2-1-6-14(15)22(19)29/h1-7,10-11,25-26H,8-9,24H2,(H,27,28)(H,31,32,33). The average molecular weight is 481 g/mol. The van der Waals surface area contributed by atoms with Gasteiger partial charge in [0.2, 0.25) is 0 Å². The van der Waals surface area contributed by atoms with Crippen LogP contribution in [0.1, 0.15) is 38.3 Å². The van der Waals surface area contributed by atoms with E-state index in [-0.39, 0.29) is 40.9 Å². The SMILES string of the molecule is Nc1c(S(=O)(=O)O)cc(Nc2cccc(NCCC(=O)O)c2)c2c1C(=O)c1ccccc1C2=O. The van der Waals surface area contributed by atoms with E-state index >= 15 is 0 Å². The van der Waals surface area contributed by atoms with Crippen molar-refractivity contribution in [1.29, 1.82) is 0 Å². The number of hydrogen-bond donors (Lipinski definition) is 5. The van der Waals surface area contributed by atoms with Gasteiger partial charge in [-0.05, 0) is 24.3 Å². The minimum Gasteiger partial charge on any atom is -0.481 e. The largest absolute Gasteiger partial charge is 0.481 e. The number of benzene rings is 3. The van der Waals surface area contributed by atoms with Crippen LogP contribution >= 0.6 is 0 Å². The number of carbonyl (C=O) groups excluding carboxylic acids is 2. The molecule has 0 aromatic heterocycles. The number of carboxylic acids is 1. The Morgan fingerprint density at radius 3 is 2.15 bits per heavy atom. The zero-order valence-corrected chi connectivity index (χ0v) is 18.3. The van der Waals surface area contributed by atoms with Gasteiger partial charge in [0.1, 0.15) is 4.90 Å². The van der Waals surface area contributed by atoms with Crippen LogP contribution in [-0.2, 0) is 14.9 Å². The van der Waals surface area contributed by atoms with Crippen LogP contribution in [0.3, 0.4) is 0 Å². The van der Waals surface area contributed by atoms with Crippen LogP contribution in [-0.4, -0.2) is 42.2 Å². The van der Waals surface area contributed by atoms with E-state index in [9.17, 15) is 27.4 Å².